The Balaban J connectivity index is 0.00000361. The summed E-state index contributed by atoms with van der Waals surface area (Å²) >= 11 is 0. The van der Waals surface area contributed by atoms with E-state index in [0.29, 0.717) is 6.61 Å². The van der Waals surface area contributed by atoms with Crippen molar-refractivity contribution in [3.8, 4) is 11.8 Å². The lowest BCUT2D eigenvalue weighted by molar-refractivity contribution is -0.157. The van der Waals surface area contributed by atoms with Gasteiger partial charge in [-0.15, -0.1) is 24.2 Å². The second-order valence-electron chi connectivity index (χ2n) is 4.77. The first-order chi connectivity index (χ1) is 8.97. The van der Waals surface area contributed by atoms with Crippen molar-refractivity contribution in [1.29, 1.82) is 0 Å². The van der Waals surface area contributed by atoms with Crippen LogP contribution in [0.3, 0.4) is 0 Å². The van der Waals surface area contributed by atoms with Gasteiger partial charge in [0.05, 0.1) is 6.61 Å². The minimum Gasteiger partial charge on any atom is -0.368 e. The van der Waals surface area contributed by atoms with Crippen LogP contribution >= 0.6 is 12.4 Å². The third kappa shape index (κ3) is 5.68. The Hall–Kier alpha value is -1.45. The summed E-state index contributed by atoms with van der Waals surface area (Å²) in [6.45, 7) is 6.37. The molecule has 0 fully saturated rings. The predicted octanol–water partition coefficient (Wildman–Crippen LogP) is 1.60. The van der Waals surface area contributed by atoms with Crippen molar-refractivity contribution in [2.75, 3.05) is 6.61 Å². The van der Waals surface area contributed by atoms with Crippen LogP contribution in [0.2, 0.25) is 0 Å². The molecular weight excluding hydrogens is 278 g/mol. The number of aliphatic imine (C=N–C) groups is 2. The Morgan fingerprint density at radius 2 is 1.90 bits per heavy atom. The van der Waals surface area contributed by atoms with Crippen molar-refractivity contribution in [3.05, 3.63) is 0 Å². The van der Waals surface area contributed by atoms with E-state index in [2.05, 4.69) is 28.7 Å². The number of rotatable bonds is 5. The van der Waals surface area contributed by atoms with E-state index in [-0.39, 0.29) is 24.3 Å². The highest BCUT2D eigenvalue weighted by Gasteiger charge is 2.32. The zero-order valence-corrected chi connectivity index (χ0v) is 13.2. The van der Waals surface area contributed by atoms with Crippen LogP contribution in [0.1, 0.15) is 46.5 Å². The van der Waals surface area contributed by atoms with Crippen molar-refractivity contribution in [2.45, 2.75) is 52.1 Å². The SMILES string of the molecule is CCCC#CCCCON1C(N)=NC(N)=NC1(C)C.Cl. The fourth-order valence-electron chi connectivity index (χ4n) is 1.64. The topological polar surface area (TPSA) is 89.2 Å². The summed E-state index contributed by atoms with van der Waals surface area (Å²) in [5.41, 5.74) is 10.7. The highest BCUT2D eigenvalue weighted by molar-refractivity contribution is 5.95. The molecule has 0 unspecified atom stereocenters. The van der Waals surface area contributed by atoms with Gasteiger partial charge in [-0.25, -0.2) is 4.99 Å². The third-order valence-electron chi connectivity index (χ3n) is 2.49. The fraction of sp³-hybridized carbons (Fsp3) is 0.692. The van der Waals surface area contributed by atoms with Gasteiger partial charge in [-0.05, 0) is 26.7 Å². The molecule has 1 aliphatic rings. The van der Waals surface area contributed by atoms with Gasteiger partial charge in [0, 0.05) is 12.8 Å². The van der Waals surface area contributed by atoms with Crippen LogP contribution in [0.4, 0.5) is 0 Å². The van der Waals surface area contributed by atoms with Crippen LogP contribution in [-0.2, 0) is 4.84 Å². The first kappa shape index (κ1) is 18.6. The number of nitrogens with zero attached hydrogens (tertiary/aromatic N) is 3. The molecule has 0 aliphatic carbocycles. The molecule has 1 heterocycles. The lowest BCUT2D eigenvalue weighted by Gasteiger charge is -2.36. The van der Waals surface area contributed by atoms with Gasteiger partial charge in [0.1, 0.15) is 0 Å². The number of hydrogen-bond donors (Lipinski definition) is 2. The quantitative estimate of drug-likeness (QED) is 0.596. The van der Waals surface area contributed by atoms with Gasteiger partial charge in [0.25, 0.3) is 0 Å². The van der Waals surface area contributed by atoms with Gasteiger partial charge in [-0.3, -0.25) is 4.84 Å². The number of hydrogen-bond acceptors (Lipinski definition) is 6. The molecule has 0 aromatic carbocycles. The molecule has 0 bridgehead atoms. The average Bonchev–Trinajstić information content (AvgIpc) is 2.29. The number of unbranched alkanes of at least 4 members (excludes halogenated alkanes) is 2. The maximum absolute atomic E-state index is 5.79. The van der Waals surface area contributed by atoms with Crippen LogP contribution in [-0.4, -0.2) is 29.3 Å². The lowest BCUT2D eigenvalue weighted by Crippen LogP contribution is -2.53. The second-order valence-corrected chi connectivity index (χ2v) is 4.77. The predicted molar refractivity (Wildman–Crippen MR) is 84.3 cm³/mol. The van der Waals surface area contributed by atoms with Gasteiger partial charge in [-0.1, -0.05) is 6.92 Å². The molecule has 1 aliphatic heterocycles. The minimum absolute atomic E-state index is 0. The smallest absolute Gasteiger partial charge is 0.226 e. The van der Waals surface area contributed by atoms with E-state index in [1.807, 2.05) is 13.8 Å². The summed E-state index contributed by atoms with van der Waals surface area (Å²) in [6.07, 6.45) is 3.71. The molecule has 0 radical (unpaired) electrons. The molecule has 1 rings (SSSR count). The van der Waals surface area contributed by atoms with E-state index >= 15 is 0 Å². The van der Waals surface area contributed by atoms with E-state index in [4.69, 9.17) is 16.3 Å². The molecule has 0 spiro atoms. The highest BCUT2D eigenvalue weighted by atomic mass is 35.5. The maximum Gasteiger partial charge on any atom is 0.226 e. The van der Waals surface area contributed by atoms with E-state index in [9.17, 15) is 0 Å². The fourth-order valence-corrected chi connectivity index (χ4v) is 1.64. The average molecular weight is 302 g/mol. The Labute approximate surface area is 127 Å². The highest BCUT2D eigenvalue weighted by Crippen LogP contribution is 2.19. The largest absolute Gasteiger partial charge is 0.368 e. The van der Waals surface area contributed by atoms with Crippen LogP contribution in [0.15, 0.2) is 9.98 Å². The minimum atomic E-state index is -0.635. The van der Waals surface area contributed by atoms with Crippen LogP contribution in [0.5, 0.6) is 0 Å². The summed E-state index contributed by atoms with van der Waals surface area (Å²) in [5.74, 6) is 6.61. The van der Waals surface area contributed by atoms with E-state index in [1.54, 1.807) is 0 Å². The van der Waals surface area contributed by atoms with Crippen LogP contribution < -0.4 is 11.5 Å². The molecule has 4 N–H and O–H groups in total. The monoisotopic (exact) mass is 301 g/mol. The van der Waals surface area contributed by atoms with Crippen molar-refractivity contribution in [1.82, 2.24) is 5.06 Å². The normalized spacial score (nSPS) is 16.4. The van der Waals surface area contributed by atoms with Crippen molar-refractivity contribution in [3.63, 3.8) is 0 Å². The zero-order chi connectivity index (χ0) is 14.3. The van der Waals surface area contributed by atoms with Gasteiger partial charge >= 0.3 is 0 Å². The molecule has 20 heavy (non-hydrogen) atoms. The van der Waals surface area contributed by atoms with Crippen molar-refractivity contribution < 1.29 is 4.84 Å². The number of hydroxylamine groups is 2. The molecule has 6 nitrogen and oxygen atoms in total. The van der Waals surface area contributed by atoms with Gasteiger partial charge in [0.15, 0.2) is 5.66 Å². The van der Waals surface area contributed by atoms with Gasteiger partial charge in [0.2, 0.25) is 11.9 Å². The van der Waals surface area contributed by atoms with Crippen LogP contribution in [0, 0.1) is 11.8 Å². The Kier molecular flexibility index (Phi) is 8.04. The molecular formula is C13H24ClN5O. The zero-order valence-electron chi connectivity index (χ0n) is 12.3. The molecule has 7 heteroatoms. The standard InChI is InChI=1S/C13H23N5O.ClH/c1-4-5-6-7-8-9-10-19-18-12(15)16-11(14)17-13(18,2)3;/h4-5,8-10H2,1-3H3,(H4,14,15,16,17);1H. The molecule has 0 saturated carbocycles. The summed E-state index contributed by atoms with van der Waals surface area (Å²) in [6, 6.07) is 0. The number of halogens is 1. The molecule has 0 amide bonds. The number of nitrogens with two attached hydrogens (primary N) is 2. The molecule has 114 valence electrons. The lowest BCUT2D eigenvalue weighted by atomic mass is 10.2. The maximum atomic E-state index is 5.79. The van der Waals surface area contributed by atoms with E-state index in [0.717, 1.165) is 25.7 Å². The summed E-state index contributed by atoms with van der Waals surface area (Å²) in [7, 11) is 0. The Morgan fingerprint density at radius 1 is 1.25 bits per heavy atom. The molecule has 0 aromatic heterocycles. The molecule has 0 saturated heterocycles. The third-order valence-corrected chi connectivity index (χ3v) is 2.49. The first-order valence-electron chi connectivity index (χ1n) is 6.55. The number of guanidine groups is 2. The molecule has 0 aromatic rings. The van der Waals surface area contributed by atoms with E-state index in [1.165, 1.54) is 5.06 Å². The Bertz CT molecular complexity index is 422. The summed E-state index contributed by atoms with van der Waals surface area (Å²) in [4.78, 5) is 13.7. The van der Waals surface area contributed by atoms with E-state index < -0.39 is 5.66 Å². The van der Waals surface area contributed by atoms with Crippen LogP contribution in [0.25, 0.3) is 0 Å². The first-order valence-corrected chi connectivity index (χ1v) is 6.55. The van der Waals surface area contributed by atoms with Gasteiger partial charge < -0.3 is 11.5 Å². The van der Waals surface area contributed by atoms with Crippen molar-refractivity contribution >= 4 is 24.3 Å². The summed E-state index contributed by atoms with van der Waals surface area (Å²) < 4.78 is 0. The molecule has 0 atom stereocenters. The van der Waals surface area contributed by atoms with Gasteiger partial charge in [-0.2, -0.15) is 10.1 Å². The second kappa shape index (κ2) is 8.67. The summed E-state index contributed by atoms with van der Waals surface area (Å²) in [5, 5.41) is 1.49. The van der Waals surface area contributed by atoms with Crippen molar-refractivity contribution in [2.24, 2.45) is 21.5 Å². The Morgan fingerprint density at radius 3 is 2.50 bits per heavy atom.